The number of hydrogen-bond acceptors (Lipinski definition) is 1. The zero-order valence-corrected chi connectivity index (χ0v) is 8.26. The Morgan fingerprint density at radius 1 is 1.43 bits per heavy atom. The molecule has 2 rings (SSSR count). The lowest BCUT2D eigenvalue weighted by Gasteiger charge is -2.25. The van der Waals surface area contributed by atoms with Crippen molar-refractivity contribution >= 4 is 6.08 Å². The quantitative estimate of drug-likeness (QED) is 0.725. The first kappa shape index (κ1) is 9.41. The maximum Gasteiger partial charge on any atom is 0.123 e. The number of aryl methyl sites for hydroxylation is 1. The SMILES string of the molecule is Cc1cc(F)ccc1C=C1CC(N)C1. The molecule has 1 fully saturated rings. The van der Waals surface area contributed by atoms with Crippen molar-refractivity contribution in [3.63, 3.8) is 0 Å². The molecule has 0 aliphatic heterocycles. The fourth-order valence-corrected chi connectivity index (χ4v) is 1.75. The number of benzene rings is 1. The predicted octanol–water partition coefficient (Wildman–Crippen LogP) is 2.64. The van der Waals surface area contributed by atoms with Crippen LogP contribution in [0.5, 0.6) is 0 Å². The fraction of sp³-hybridized carbons (Fsp3) is 0.333. The number of hydrogen-bond donors (Lipinski definition) is 1. The van der Waals surface area contributed by atoms with Gasteiger partial charge in [0.2, 0.25) is 0 Å². The fourth-order valence-electron chi connectivity index (χ4n) is 1.75. The van der Waals surface area contributed by atoms with Crippen LogP contribution in [0.25, 0.3) is 6.08 Å². The average Bonchev–Trinajstić information content (AvgIpc) is 2.06. The average molecular weight is 191 g/mol. The zero-order chi connectivity index (χ0) is 10.1. The molecule has 0 unspecified atom stereocenters. The van der Waals surface area contributed by atoms with Crippen molar-refractivity contribution in [2.24, 2.45) is 5.73 Å². The van der Waals surface area contributed by atoms with Gasteiger partial charge in [0, 0.05) is 6.04 Å². The van der Waals surface area contributed by atoms with Crippen molar-refractivity contribution in [1.29, 1.82) is 0 Å². The molecule has 1 saturated carbocycles. The smallest absolute Gasteiger partial charge is 0.123 e. The van der Waals surface area contributed by atoms with Crippen LogP contribution in [0, 0.1) is 12.7 Å². The van der Waals surface area contributed by atoms with Gasteiger partial charge in [-0.1, -0.05) is 17.7 Å². The van der Waals surface area contributed by atoms with E-state index >= 15 is 0 Å². The number of rotatable bonds is 1. The van der Waals surface area contributed by atoms with Gasteiger partial charge >= 0.3 is 0 Å². The summed E-state index contributed by atoms with van der Waals surface area (Å²) in [6.45, 7) is 1.92. The van der Waals surface area contributed by atoms with Gasteiger partial charge in [0.25, 0.3) is 0 Å². The summed E-state index contributed by atoms with van der Waals surface area (Å²) in [7, 11) is 0. The van der Waals surface area contributed by atoms with Gasteiger partial charge in [-0.15, -0.1) is 0 Å². The Morgan fingerprint density at radius 3 is 2.71 bits per heavy atom. The third-order valence-electron chi connectivity index (χ3n) is 2.64. The highest BCUT2D eigenvalue weighted by Gasteiger charge is 2.18. The molecule has 1 nitrogen and oxygen atoms in total. The summed E-state index contributed by atoms with van der Waals surface area (Å²) in [5, 5.41) is 0. The molecule has 1 aliphatic carbocycles. The largest absolute Gasteiger partial charge is 0.327 e. The van der Waals surface area contributed by atoms with E-state index in [2.05, 4.69) is 6.08 Å². The van der Waals surface area contributed by atoms with Crippen molar-refractivity contribution < 1.29 is 4.39 Å². The first-order chi connectivity index (χ1) is 6.65. The second-order valence-electron chi connectivity index (χ2n) is 3.97. The van der Waals surface area contributed by atoms with Crippen LogP contribution < -0.4 is 5.73 Å². The van der Waals surface area contributed by atoms with Gasteiger partial charge < -0.3 is 5.73 Å². The van der Waals surface area contributed by atoms with Crippen LogP contribution >= 0.6 is 0 Å². The molecule has 2 heteroatoms. The summed E-state index contributed by atoms with van der Waals surface area (Å²) in [5.74, 6) is -0.171. The van der Waals surface area contributed by atoms with Gasteiger partial charge in [-0.2, -0.15) is 0 Å². The van der Waals surface area contributed by atoms with Crippen LogP contribution in [0.1, 0.15) is 24.0 Å². The normalized spacial score (nSPS) is 20.5. The van der Waals surface area contributed by atoms with E-state index < -0.39 is 0 Å². The number of nitrogens with two attached hydrogens (primary N) is 1. The monoisotopic (exact) mass is 191 g/mol. The molecule has 0 atom stereocenters. The Balaban J connectivity index is 2.21. The van der Waals surface area contributed by atoms with Gasteiger partial charge in [-0.3, -0.25) is 0 Å². The zero-order valence-electron chi connectivity index (χ0n) is 8.26. The van der Waals surface area contributed by atoms with Crippen molar-refractivity contribution in [3.8, 4) is 0 Å². The molecule has 0 amide bonds. The molecule has 0 radical (unpaired) electrons. The van der Waals surface area contributed by atoms with E-state index in [0.29, 0.717) is 6.04 Å². The Hall–Kier alpha value is -1.15. The Labute approximate surface area is 83.4 Å². The van der Waals surface area contributed by atoms with E-state index in [9.17, 15) is 4.39 Å². The topological polar surface area (TPSA) is 26.0 Å². The molecule has 1 aromatic rings. The lowest BCUT2D eigenvalue weighted by atomic mass is 9.85. The van der Waals surface area contributed by atoms with Crippen LogP contribution in [-0.4, -0.2) is 6.04 Å². The molecule has 0 saturated heterocycles. The molecule has 74 valence electrons. The number of halogens is 1. The molecular weight excluding hydrogens is 177 g/mol. The minimum Gasteiger partial charge on any atom is -0.327 e. The summed E-state index contributed by atoms with van der Waals surface area (Å²) in [6, 6.07) is 5.21. The minimum absolute atomic E-state index is 0.171. The molecule has 2 N–H and O–H groups in total. The maximum absolute atomic E-state index is 12.8. The van der Waals surface area contributed by atoms with E-state index in [0.717, 1.165) is 24.0 Å². The van der Waals surface area contributed by atoms with Gasteiger partial charge in [0.05, 0.1) is 0 Å². The van der Waals surface area contributed by atoms with Crippen molar-refractivity contribution in [2.75, 3.05) is 0 Å². The lowest BCUT2D eigenvalue weighted by molar-refractivity contribution is 0.547. The summed E-state index contributed by atoms with van der Waals surface area (Å²) in [5.41, 5.74) is 9.14. The molecule has 0 spiro atoms. The highest BCUT2D eigenvalue weighted by molar-refractivity contribution is 5.58. The van der Waals surface area contributed by atoms with Crippen LogP contribution in [0.15, 0.2) is 23.8 Å². The predicted molar refractivity (Wildman–Crippen MR) is 56.3 cm³/mol. The Kier molecular flexibility index (Phi) is 2.38. The van der Waals surface area contributed by atoms with E-state index in [1.807, 2.05) is 13.0 Å². The minimum atomic E-state index is -0.171. The van der Waals surface area contributed by atoms with Crippen molar-refractivity contribution in [1.82, 2.24) is 0 Å². The molecular formula is C12H14FN. The van der Waals surface area contributed by atoms with E-state index in [1.165, 1.54) is 11.6 Å². The maximum atomic E-state index is 12.8. The van der Waals surface area contributed by atoms with Gasteiger partial charge in [-0.05, 0) is 43.0 Å². The van der Waals surface area contributed by atoms with E-state index in [1.54, 1.807) is 6.07 Å². The van der Waals surface area contributed by atoms with Gasteiger partial charge in [-0.25, -0.2) is 4.39 Å². The summed E-state index contributed by atoms with van der Waals surface area (Å²) in [6.07, 6.45) is 4.09. The highest BCUT2D eigenvalue weighted by Crippen LogP contribution is 2.27. The van der Waals surface area contributed by atoms with Crippen LogP contribution in [0.2, 0.25) is 0 Å². The van der Waals surface area contributed by atoms with Gasteiger partial charge in [0.15, 0.2) is 0 Å². The Morgan fingerprint density at radius 2 is 2.14 bits per heavy atom. The molecule has 1 aliphatic rings. The van der Waals surface area contributed by atoms with Crippen molar-refractivity contribution in [3.05, 3.63) is 40.7 Å². The summed E-state index contributed by atoms with van der Waals surface area (Å²) < 4.78 is 12.8. The molecule has 1 aromatic carbocycles. The van der Waals surface area contributed by atoms with Crippen LogP contribution in [0.4, 0.5) is 4.39 Å². The third-order valence-corrected chi connectivity index (χ3v) is 2.64. The lowest BCUT2D eigenvalue weighted by Crippen LogP contribution is -2.29. The second kappa shape index (κ2) is 3.54. The summed E-state index contributed by atoms with van der Waals surface area (Å²) >= 11 is 0. The Bertz CT molecular complexity index is 374. The van der Waals surface area contributed by atoms with Crippen molar-refractivity contribution in [2.45, 2.75) is 25.8 Å². The first-order valence-electron chi connectivity index (χ1n) is 4.86. The molecule has 0 bridgehead atoms. The van der Waals surface area contributed by atoms with E-state index in [-0.39, 0.29) is 5.82 Å². The molecule has 0 aromatic heterocycles. The van der Waals surface area contributed by atoms with Crippen LogP contribution in [0.3, 0.4) is 0 Å². The first-order valence-corrected chi connectivity index (χ1v) is 4.86. The highest BCUT2D eigenvalue weighted by atomic mass is 19.1. The molecule has 0 heterocycles. The summed E-state index contributed by atoms with van der Waals surface area (Å²) in [4.78, 5) is 0. The van der Waals surface area contributed by atoms with Gasteiger partial charge in [0.1, 0.15) is 5.82 Å². The molecule has 14 heavy (non-hydrogen) atoms. The second-order valence-corrected chi connectivity index (χ2v) is 3.97. The van der Waals surface area contributed by atoms with E-state index in [4.69, 9.17) is 5.73 Å². The standard InChI is InChI=1S/C12H14FN/c1-8-4-11(13)3-2-10(8)5-9-6-12(14)7-9/h2-5,12H,6-7,14H2,1H3. The van der Waals surface area contributed by atoms with Crippen LogP contribution in [-0.2, 0) is 0 Å². The third kappa shape index (κ3) is 1.85.